The van der Waals surface area contributed by atoms with Crippen molar-refractivity contribution in [3.63, 3.8) is 0 Å². The molecule has 0 heterocycles. The molecule has 0 bridgehead atoms. The second kappa shape index (κ2) is 7.00. The highest BCUT2D eigenvalue weighted by Gasteiger charge is 2.16. The maximum atomic E-state index is 2.43. The molecule has 0 radical (unpaired) electrons. The molecule has 3 aromatic carbocycles. The van der Waals surface area contributed by atoms with Crippen molar-refractivity contribution in [1.29, 1.82) is 0 Å². The molecule has 0 N–H and O–H groups in total. The van der Waals surface area contributed by atoms with E-state index in [2.05, 4.69) is 67.6 Å². The summed E-state index contributed by atoms with van der Waals surface area (Å²) in [4.78, 5) is 0. The average Bonchev–Trinajstić information content (AvgIpc) is 2.73. The van der Waals surface area contributed by atoms with Gasteiger partial charge in [-0.15, -0.1) is 0 Å². The maximum Gasteiger partial charge on any atom is -0.0181 e. The van der Waals surface area contributed by atoms with E-state index in [-0.39, 0.29) is 0 Å². The summed E-state index contributed by atoms with van der Waals surface area (Å²) in [5, 5.41) is 0. The fourth-order valence-corrected chi connectivity index (χ4v) is 5.00. The normalized spacial score (nSPS) is 18.6. The van der Waals surface area contributed by atoms with Crippen molar-refractivity contribution in [2.75, 3.05) is 0 Å². The monoisotopic (exact) mass is 352 g/mol. The molecule has 0 fully saturated rings. The Bertz CT molecular complexity index is 962. The van der Waals surface area contributed by atoms with Gasteiger partial charge in [0.2, 0.25) is 0 Å². The first kappa shape index (κ1) is 16.8. The standard InChI is InChI=1S/C27H28/c1-19-5-4-8-26-18-25(15-16-27(19)26)22-11-9-21(10-12-22)24-14-13-20-6-2-3-7-23(20)17-24/h9-19H,2-8H2,1H3. The lowest BCUT2D eigenvalue weighted by Gasteiger charge is -2.23. The molecular formula is C27H28. The first-order valence-corrected chi connectivity index (χ1v) is 10.6. The van der Waals surface area contributed by atoms with Gasteiger partial charge in [0.1, 0.15) is 0 Å². The largest absolute Gasteiger partial charge is 0.0584 e. The Morgan fingerprint density at radius 2 is 1.11 bits per heavy atom. The van der Waals surface area contributed by atoms with Gasteiger partial charge in [0, 0.05) is 0 Å². The van der Waals surface area contributed by atoms with E-state index in [1.54, 1.807) is 22.3 Å². The minimum absolute atomic E-state index is 0.717. The lowest BCUT2D eigenvalue weighted by atomic mass is 9.82. The first-order chi connectivity index (χ1) is 13.3. The van der Waals surface area contributed by atoms with Crippen molar-refractivity contribution in [1.82, 2.24) is 0 Å². The zero-order valence-electron chi connectivity index (χ0n) is 16.3. The van der Waals surface area contributed by atoms with Crippen LogP contribution >= 0.6 is 0 Å². The minimum atomic E-state index is 0.717. The van der Waals surface area contributed by atoms with Crippen LogP contribution in [-0.2, 0) is 19.3 Å². The van der Waals surface area contributed by atoms with Crippen LogP contribution in [0.15, 0.2) is 60.7 Å². The zero-order valence-corrected chi connectivity index (χ0v) is 16.3. The van der Waals surface area contributed by atoms with E-state index in [0.29, 0.717) is 5.92 Å². The molecule has 3 aromatic rings. The summed E-state index contributed by atoms with van der Waals surface area (Å²) < 4.78 is 0. The van der Waals surface area contributed by atoms with Crippen LogP contribution < -0.4 is 0 Å². The molecule has 0 saturated heterocycles. The molecule has 1 unspecified atom stereocenters. The third-order valence-electron chi connectivity index (χ3n) is 6.66. The fourth-order valence-electron chi connectivity index (χ4n) is 5.00. The quantitative estimate of drug-likeness (QED) is 0.452. The van der Waals surface area contributed by atoms with Crippen LogP contribution in [0.25, 0.3) is 22.3 Å². The van der Waals surface area contributed by atoms with Crippen LogP contribution in [0.3, 0.4) is 0 Å². The van der Waals surface area contributed by atoms with Crippen LogP contribution in [0, 0.1) is 0 Å². The third-order valence-corrected chi connectivity index (χ3v) is 6.66. The van der Waals surface area contributed by atoms with Crippen molar-refractivity contribution >= 4 is 0 Å². The Labute approximate surface area is 163 Å². The van der Waals surface area contributed by atoms with Gasteiger partial charge < -0.3 is 0 Å². The molecule has 1 atom stereocenters. The van der Waals surface area contributed by atoms with Crippen molar-refractivity contribution in [2.45, 2.75) is 57.8 Å². The third kappa shape index (κ3) is 3.23. The Kier molecular flexibility index (Phi) is 4.36. The number of hydrogen-bond acceptors (Lipinski definition) is 0. The molecular weight excluding hydrogens is 324 g/mol. The van der Waals surface area contributed by atoms with Crippen molar-refractivity contribution in [3.05, 3.63) is 82.9 Å². The van der Waals surface area contributed by atoms with Gasteiger partial charge in [0.15, 0.2) is 0 Å². The van der Waals surface area contributed by atoms with Crippen molar-refractivity contribution in [3.8, 4) is 22.3 Å². The Morgan fingerprint density at radius 1 is 0.556 bits per heavy atom. The molecule has 0 aromatic heterocycles. The first-order valence-electron chi connectivity index (χ1n) is 10.6. The molecule has 27 heavy (non-hydrogen) atoms. The Hall–Kier alpha value is -2.34. The van der Waals surface area contributed by atoms with Gasteiger partial charge >= 0.3 is 0 Å². The lowest BCUT2D eigenvalue weighted by Crippen LogP contribution is -2.06. The lowest BCUT2D eigenvalue weighted by molar-refractivity contribution is 0.590. The van der Waals surface area contributed by atoms with E-state index >= 15 is 0 Å². The van der Waals surface area contributed by atoms with Crippen molar-refractivity contribution < 1.29 is 0 Å². The number of benzene rings is 3. The molecule has 0 saturated carbocycles. The summed E-state index contributed by atoms with van der Waals surface area (Å²) in [6.07, 6.45) is 9.09. The van der Waals surface area contributed by atoms with Crippen LogP contribution in [-0.4, -0.2) is 0 Å². The van der Waals surface area contributed by atoms with Gasteiger partial charge in [-0.25, -0.2) is 0 Å². The van der Waals surface area contributed by atoms with Gasteiger partial charge in [0.05, 0.1) is 0 Å². The SMILES string of the molecule is CC1CCCc2cc(-c3ccc(-c4ccc5c(c4)CCCC5)cc3)ccc21. The average molecular weight is 353 g/mol. The van der Waals surface area contributed by atoms with E-state index in [4.69, 9.17) is 0 Å². The molecule has 2 aliphatic carbocycles. The van der Waals surface area contributed by atoms with E-state index in [9.17, 15) is 0 Å². The number of rotatable bonds is 2. The molecule has 0 nitrogen and oxygen atoms in total. The minimum Gasteiger partial charge on any atom is -0.0584 e. The molecule has 136 valence electrons. The molecule has 0 spiro atoms. The molecule has 2 aliphatic rings. The molecule has 0 amide bonds. The molecule has 0 aliphatic heterocycles. The highest BCUT2D eigenvalue weighted by Crippen LogP contribution is 2.35. The van der Waals surface area contributed by atoms with Crippen molar-refractivity contribution in [2.24, 2.45) is 0 Å². The van der Waals surface area contributed by atoms with E-state index < -0.39 is 0 Å². The van der Waals surface area contributed by atoms with Crippen LogP contribution in [0.2, 0.25) is 0 Å². The summed E-state index contributed by atoms with van der Waals surface area (Å²) >= 11 is 0. The summed E-state index contributed by atoms with van der Waals surface area (Å²) in [5.74, 6) is 0.717. The summed E-state index contributed by atoms with van der Waals surface area (Å²) in [5.41, 5.74) is 11.6. The molecule has 5 rings (SSSR count). The van der Waals surface area contributed by atoms with E-state index in [0.717, 1.165) is 0 Å². The maximum absolute atomic E-state index is 2.43. The smallest absolute Gasteiger partial charge is 0.0181 e. The van der Waals surface area contributed by atoms with Crippen LogP contribution in [0.4, 0.5) is 0 Å². The van der Waals surface area contributed by atoms with Crippen LogP contribution in [0.1, 0.15) is 60.8 Å². The Balaban J connectivity index is 1.44. The van der Waals surface area contributed by atoms with Gasteiger partial charge in [-0.3, -0.25) is 0 Å². The highest BCUT2D eigenvalue weighted by molar-refractivity contribution is 5.72. The second-order valence-electron chi connectivity index (χ2n) is 8.47. The number of fused-ring (bicyclic) bond motifs is 2. The zero-order chi connectivity index (χ0) is 18.2. The number of hydrogen-bond donors (Lipinski definition) is 0. The number of aryl methyl sites for hydroxylation is 3. The van der Waals surface area contributed by atoms with E-state index in [1.165, 1.54) is 67.2 Å². The van der Waals surface area contributed by atoms with Crippen LogP contribution in [0.5, 0.6) is 0 Å². The van der Waals surface area contributed by atoms with Gasteiger partial charge in [-0.1, -0.05) is 67.6 Å². The fraction of sp³-hybridized carbons (Fsp3) is 0.333. The van der Waals surface area contributed by atoms with E-state index in [1.807, 2.05) is 0 Å². The predicted octanol–water partition coefficient (Wildman–Crippen LogP) is 7.34. The summed E-state index contributed by atoms with van der Waals surface area (Å²) in [6.45, 7) is 2.37. The van der Waals surface area contributed by atoms with Gasteiger partial charge in [-0.2, -0.15) is 0 Å². The topological polar surface area (TPSA) is 0 Å². The predicted molar refractivity (Wildman–Crippen MR) is 115 cm³/mol. The highest BCUT2D eigenvalue weighted by atomic mass is 14.2. The van der Waals surface area contributed by atoms with Gasteiger partial charge in [0.25, 0.3) is 0 Å². The molecule has 0 heteroatoms. The summed E-state index contributed by atoms with van der Waals surface area (Å²) in [6, 6.07) is 23.4. The Morgan fingerprint density at radius 3 is 1.85 bits per heavy atom. The summed E-state index contributed by atoms with van der Waals surface area (Å²) in [7, 11) is 0. The van der Waals surface area contributed by atoms with Gasteiger partial charge in [-0.05, 0) is 95.4 Å². The second-order valence-corrected chi connectivity index (χ2v) is 8.47.